The molecule has 0 radical (unpaired) electrons. The van der Waals surface area contributed by atoms with E-state index in [9.17, 15) is 42.6 Å². The van der Waals surface area contributed by atoms with Crippen molar-refractivity contribution in [1.82, 2.24) is 5.01 Å². The largest absolute Gasteiger partial charge is 0.569 e. The maximum Gasteiger partial charge on any atom is 0.430 e. The van der Waals surface area contributed by atoms with Crippen LogP contribution in [0.25, 0.3) is 6.08 Å². The number of fused-ring (bicyclic) bond motifs is 1. The third-order valence-electron chi connectivity index (χ3n) is 4.98. The number of alkyl halides is 3. The molecule has 9 nitrogen and oxygen atoms in total. The summed E-state index contributed by atoms with van der Waals surface area (Å²) in [5.74, 6) is -2.53. The average Bonchev–Trinajstić information content (AvgIpc) is 2.71. The lowest BCUT2D eigenvalue weighted by Gasteiger charge is -2.41. The lowest BCUT2D eigenvalue weighted by Crippen LogP contribution is -2.53. The van der Waals surface area contributed by atoms with Gasteiger partial charge in [-0.2, -0.15) is 13.2 Å². The van der Waals surface area contributed by atoms with Crippen molar-refractivity contribution in [3.63, 3.8) is 0 Å². The summed E-state index contributed by atoms with van der Waals surface area (Å²) in [7, 11) is -10.2. The number of carbonyl (C=O) groups is 1. The van der Waals surface area contributed by atoms with Gasteiger partial charge in [0.1, 0.15) is 29.8 Å². The number of aliphatic hydroxyl groups excluding tert-OH is 1. The minimum absolute atomic E-state index is 0.00814. The average molecular weight is 557 g/mol. The van der Waals surface area contributed by atoms with E-state index in [1.54, 1.807) is 0 Å². The molecule has 0 saturated carbocycles. The third-order valence-corrected chi connectivity index (χ3v) is 6.11. The number of β-amino-alcohol motifs (C(OH)–C–C–N with tert-alkyl or cyclic N) is 1. The fourth-order valence-electron chi connectivity index (χ4n) is 3.22. The second-order valence-electron chi connectivity index (χ2n) is 7.90. The highest BCUT2D eigenvalue weighted by Crippen LogP contribution is 3.02. The van der Waals surface area contributed by atoms with Gasteiger partial charge in [0.15, 0.2) is 0 Å². The van der Waals surface area contributed by atoms with Gasteiger partial charge in [0, 0.05) is 12.5 Å². The molecule has 1 unspecified atom stereocenters. The Morgan fingerprint density at radius 3 is 2.42 bits per heavy atom. The molecule has 1 aromatic rings. The molecule has 0 aliphatic carbocycles. The standard InChI is InChI=1S/C18H19F8N3O6S/c1-3-10-4-13(36(22,23,24,25)26)5-11-6-14(16(18(19,20)21)34-15(10)11)17(31)33-9(2)35-27-29(32)28-7-12(30)8-28/h4-6,9,12,16,30H,3,7-8H2,1-2H3/b29-27-/t9?,16-/m0/s1. The molecule has 1 N–H and O–H groups in total. The first-order valence-corrected chi connectivity index (χ1v) is 12.0. The van der Waals surface area contributed by atoms with Crippen molar-refractivity contribution in [3.05, 3.63) is 34.0 Å². The van der Waals surface area contributed by atoms with Gasteiger partial charge in [-0.15, -0.1) is 5.01 Å². The van der Waals surface area contributed by atoms with Crippen molar-refractivity contribution in [2.24, 2.45) is 5.28 Å². The Morgan fingerprint density at radius 2 is 1.92 bits per heavy atom. The molecule has 2 aliphatic heterocycles. The Morgan fingerprint density at radius 1 is 1.31 bits per heavy atom. The minimum atomic E-state index is -10.2. The van der Waals surface area contributed by atoms with Crippen molar-refractivity contribution in [1.29, 1.82) is 0 Å². The molecule has 0 bridgehead atoms. The molecule has 1 aromatic carbocycles. The van der Waals surface area contributed by atoms with Crippen molar-refractivity contribution in [2.75, 3.05) is 13.1 Å². The molecule has 0 amide bonds. The second kappa shape index (κ2) is 8.25. The molecule has 18 heteroatoms. The van der Waals surface area contributed by atoms with Gasteiger partial charge >= 0.3 is 22.4 Å². The van der Waals surface area contributed by atoms with E-state index >= 15 is 0 Å². The molecule has 1 fully saturated rings. The van der Waals surface area contributed by atoms with Crippen LogP contribution in [0.4, 0.5) is 32.6 Å². The summed E-state index contributed by atoms with van der Waals surface area (Å²) >= 11 is 0. The number of hydrazine groups is 1. The SMILES string of the molecule is CCc1cc(S(F)(F)(F)(F)F)cc2c1O[C@H](C(F)(F)F)C(C(=O)OC(C)O/N=[N+](\[O-])N1CC(O)C1)=C2. The summed E-state index contributed by atoms with van der Waals surface area (Å²) in [4.78, 5) is 14.5. The second-order valence-corrected chi connectivity index (χ2v) is 10.3. The fraction of sp³-hybridized carbons (Fsp3) is 0.500. The Labute approximate surface area is 197 Å². The van der Waals surface area contributed by atoms with Crippen LogP contribution in [0.1, 0.15) is 25.0 Å². The summed E-state index contributed by atoms with van der Waals surface area (Å²) in [6, 6.07) is -0.101. The van der Waals surface area contributed by atoms with Gasteiger partial charge in [-0.1, -0.05) is 26.4 Å². The number of aliphatic hydroxyl groups is 1. The summed E-state index contributed by atoms with van der Waals surface area (Å²) in [5, 5.41) is 24.6. The molecule has 1 saturated heterocycles. The number of esters is 1. The van der Waals surface area contributed by atoms with Crippen molar-refractivity contribution < 1.29 is 61.8 Å². The molecular formula is C18H19F8N3O6S. The van der Waals surface area contributed by atoms with Gasteiger partial charge in [0.25, 0.3) is 6.29 Å². The lowest BCUT2D eigenvalue weighted by molar-refractivity contribution is -0.728. The van der Waals surface area contributed by atoms with Crippen molar-refractivity contribution in [3.8, 4) is 5.75 Å². The molecule has 2 heterocycles. The molecule has 2 aliphatic rings. The van der Waals surface area contributed by atoms with E-state index in [-0.39, 0.29) is 30.2 Å². The molecule has 0 aromatic heterocycles. The Bertz CT molecular complexity index is 1120. The van der Waals surface area contributed by atoms with E-state index in [2.05, 4.69) is 14.9 Å². The number of benzene rings is 1. The normalized spacial score (nSPS) is 21.8. The van der Waals surface area contributed by atoms with Crippen LogP contribution in [0.15, 0.2) is 27.9 Å². The first-order chi connectivity index (χ1) is 16.2. The van der Waals surface area contributed by atoms with Crippen LogP contribution in [0.5, 0.6) is 5.75 Å². The number of aryl methyl sites for hydroxylation is 1. The van der Waals surface area contributed by atoms with Crippen LogP contribution >= 0.6 is 10.2 Å². The van der Waals surface area contributed by atoms with Gasteiger partial charge in [-0.05, 0) is 30.2 Å². The number of halogens is 8. The van der Waals surface area contributed by atoms with Crippen LogP contribution < -0.4 is 4.74 Å². The topological polar surface area (TPSA) is 107 Å². The summed E-state index contributed by atoms with van der Waals surface area (Å²) in [6.07, 6.45) is -10.9. The van der Waals surface area contributed by atoms with Crippen molar-refractivity contribution >= 4 is 22.3 Å². The van der Waals surface area contributed by atoms with E-state index in [0.29, 0.717) is 6.08 Å². The number of rotatable bonds is 7. The zero-order valence-corrected chi connectivity index (χ0v) is 19.2. The first-order valence-electron chi connectivity index (χ1n) is 10.0. The van der Waals surface area contributed by atoms with Crippen molar-refractivity contribution in [2.45, 2.75) is 49.8 Å². The van der Waals surface area contributed by atoms with Crippen LogP contribution in [-0.2, 0) is 20.8 Å². The molecule has 204 valence electrons. The maximum absolute atomic E-state index is 13.6. The van der Waals surface area contributed by atoms with E-state index in [0.717, 1.165) is 11.9 Å². The maximum atomic E-state index is 13.6. The van der Waals surface area contributed by atoms with Gasteiger partial charge in [-0.3, -0.25) is 4.84 Å². The first kappa shape index (κ1) is 27.6. The summed E-state index contributed by atoms with van der Waals surface area (Å²) in [6.45, 7) is 2.01. The number of hydrogen-bond acceptors (Lipinski definition) is 7. The monoisotopic (exact) mass is 557 g/mol. The number of ether oxygens (including phenoxy) is 2. The quantitative estimate of drug-likeness (QED) is 0.126. The number of hydrogen-bond donors (Lipinski definition) is 1. The zero-order chi connectivity index (χ0) is 27.3. The van der Waals surface area contributed by atoms with Crippen LogP contribution in [0, 0.1) is 5.21 Å². The summed E-state index contributed by atoms with van der Waals surface area (Å²) in [5.41, 5.74) is -2.78. The number of nitrogens with zero attached hydrogens (tertiary/aromatic N) is 3. The predicted molar refractivity (Wildman–Crippen MR) is 106 cm³/mol. The third kappa shape index (κ3) is 6.03. The van der Waals surface area contributed by atoms with Crippen LogP contribution in [-0.4, -0.2) is 58.8 Å². The van der Waals surface area contributed by atoms with Gasteiger partial charge < -0.3 is 19.8 Å². The van der Waals surface area contributed by atoms with Crippen LogP contribution in [0.2, 0.25) is 0 Å². The van der Waals surface area contributed by atoms with Crippen LogP contribution in [0.3, 0.4) is 0 Å². The Balaban J connectivity index is 1.93. The van der Waals surface area contributed by atoms with E-state index in [1.165, 1.54) is 6.92 Å². The fourth-order valence-corrected chi connectivity index (χ4v) is 3.94. The Kier molecular flexibility index (Phi) is 6.32. The molecule has 0 spiro atoms. The van der Waals surface area contributed by atoms with E-state index in [4.69, 9.17) is 9.84 Å². The number of carbonyl (C=O) groups excluding carboxylic acids is 1. The molecule has 36 heavy (non-hydrogen) atoms. The highest BCUT2D eigenvalue weighted by atomic mass is 32.5. The minimum Gasteiger partial charge on any atom is -0.569 e. The highest BCUT2D eigenvalue weighted by Gasteiger charge is 2.66. The van der Waals surface area contributed by atoms with Gasteiger partial charge in [0.2, 0.25) is 11.4 Å². The van der Waals surface area contributed by atoms with E-state index in [1.807, 2.05) is 0 Å². The smallest absolute Gasteiger partial charge is 0.430 e. The Hall–Kier alpha value is -3.02. The predicted octanol–water partition coefficient (Wildman–Crippen LogP) is 4.99. The molecule has 2 atom stereocenters. The summed E-state index contributed by atoms with van der Waals surface area (Å²) < 4.78 is 117. The highest BCUT2D eigenvalue weighted by molar-refractivity contribution is 8.45. The molecular weight excluding hydrogens is 538 g/mol. The van der Waals surface area contributed by atoms with Gasteiger partial charge in [-0.25, -0.2) is 4.79 Å². The zero-order valence-electron chi connectivity index (χ0n) is 18.3. The van der Waals surface area contributed by atoms with Gasteiger partial charge in [0.05, 0.1) is 10.5 Å². The van der Waals surface area contributed by atoms with E-state index < -0.39 is 74.6 Å². The molecule has 3 rings (SSSR count). The lowest BCUT2D eigenvalue weighted by atomic mass is 9.98.